The maximum absolute atomic E-state index is 12.6. The molecule has 0 radical (unpaired) electrons. The summed E-state index contributed by atoms with van der Waals surface area (Å²) in [5, 5.41) is 15.7. The van der Waals surface area contributed by atoms with Gasteiger partial charge in [-0.1, -0.05) is 42.1 Å². The molecule has 4 rings (SSSR count). The van der Waals surface area contributed by atoms with Crippen LogP contribution in [0.1, 0.15) is 35.6 Å². The first-order chi connectivity index (χ1) is 14.2. The number of amides is 1. The van der Waals surface area contributed by atoms with E-state index in [-0.39, 0.29) is 17.7 Å². The van der Waals surface area contributed by atoms with Gasteiger partial charge in [0.2, 0.25) is 11.1 Å². The molecule has 150 valence electrons. The van der Waals surface area contributed by atoms with Gasteiger partial charge in [-0.2, -0.15) is 4.68 Å². The Labute approximate surface area is 173 Å². The number of nitrogens with one attached hydrogen (secondary N) is 1. The van der Waals surface area contributed by atoms with Gasteiger partial charge in [-0.05, 0) is 65.4 Å². The van der Waals surface area contributed by atoms with Gasteiger partial charge < -0.3 is 10.1 Å². The second-order valence-electron chi connectivity index (χ2n) is 7.05. The van der Waals surface area contributed by atoms with Gasteiger partial charge in [0.05, 0.1) is 18.9 Å². The Morgan fingerprint density at radius 3 is 3.03 bits per heavy atom. The molecule has 1 N–H and O–H groups in total. The second-order valence-corrected chi connectivity index (χ2v) is 7.99. The molecule has 29 heavy (non-hydrogen) atoms. The minimum atomic E-state index is -0.0255. The number of hydrogen-bond donors (Lipinski definition) is 1. The van der Waals surface area contributed by atoms with Crippen molar-refractivity contribution in [3.63, 3.8) is 0 Å². The average molecular weight is 410 g/mol. The Morgan fingerprint density at radius 2 is 2.17 bits per heavy atom. The highest BCUT2D eigenvalue weighted by Gasteiger charge is 2.22. The Kier molecular flexibility index (Phi) is 5.80. The topological polar surface area (TPSA) is 81.9 Å². The van der Waals surface area contributed by atoms with Crippen molar-refractivity contribution < 1.29 is 9.53 Å². The third kappa shape index (κ3) is 4.27. The van der Waals surface area contributed by atoms with E-state index in [0.717, 1.165) is 30.5 Å². The Hall–Kier alpha value is -2.87. The van der Waals surface area contributed by atoms with Gasteiger partial charge in [0.25, 0.3) is 0 Å². The van der Waals surface area contributed by atoms with Crippen LogP contribution in [0.2, 0.25) is 0 Å². The van der Waals surface area contributed by atoms with Gasteiger partial charge in [-0.3, -0.25) is 4.79 Å². The van der Waals surface area contributed by atoms with Crippen LogP contribution in [-0.2, 0) is 11.2 Å². The van der Waals surface area contributed by atoms with Crippen molar-refractivity contribution in [3.8, 4) is 11.4 Å². The van der Waals surface area contributed by atoms with E-state index in [1.165, 1.54) is 22.9 Å². The number of hydrogen-bond acceptors (Lipinski definition) is 6. The van der Waals surface area contributed by atoms with E-state index in [9.17, 15) is 4.79 Å². The molecule has 1 aliphatic carbocycles. The molecule has 2 aromatic carbocycles. The number of aryl methyl sites for hydroxylation is 2. The lowest BCUT2D eigenvalue weighted by molar-refractivity contribution is -0.119. The molecule has 7 nitrogen and oxygen atoms in total. The minimum absolute atomic E-state index is 0.0255. The summed E-state index contributed by atoms with van der Waals surface area (Å²) in [6.45, 7) is 2.00. The zero-order valence-corrected chi connectivity index (χ0v) is 17.3. The number of rotatable bonds is 6. The number of nitrogens with zero attached hydrogens (tertiary/aromatic N) is 4. The fourth-order valence-corrected chi connectivity index (χ4v) is 4.35. The van der Waals surface area contributed by atoms with Crippen molar-refractivity contribution >= 4 is 17.7 Å². The van der Waals surface area contributed by atoms with Crippen molar-refractivity contribution in [2.75, 3.05) is 12.9 Å². The highest BCUT2D eigenvalue weighted by molar-refractivity contribution is 7.99. The number of aromatic nitrogens is 4. The van der Waals surface area contributed by atoms with Crippen molar-refractivity contribution in [1.82, 2.24) is 25.5 Å². The number of ether oxygens (including phenoxy) is 1. The van der Waals surface area contributed by atoms with Gasteiger partial charge in [0.1, 0.15) is 11.4 Å². The predicted molar refractivity (Wildman–Crippen MR) is 111 cm³/mol. The third-order valence-electron chi connectivity index (χ3n) is 5.04. The van der Waals surface area contributed by atoms with E-state index in [1.807, 2.05) is 31.2 Å². The summed E-state index contributed by atoms with van der Waals surface area (Å²) in [5.74, 6) is 0.892. The number of tetrazole rings is 1. The molecular weight excluding hydrogens is 386 g/mol. The van der Waals surface area contributed by atoms with E-state index in [2.05, 4.69) is 39.0 Å². The lowest BCUT2D eigenvalue weighted by Crippen LogP contribution is -2.32. The average Bonchev–Trinajstić information content (AvgIpc) is 3.21. The number of thioether (sulfide) groups is 1. The molecule has 0 saturated heterocycles. The van der Waals surface area contributed by atoms with Gasteiger partial charge >= 0.3 is 0 Å². The maximum atomic E-state index is 12.6. The van der Waals surface area contributed by atoms with Crippen LogP contribution in [0.3, 0.4) is 0 Å². The van der Waals surface area contributed by atoms with Crippen LogP contribution in [0.5, 0.6) is 5.75 Å². The lowest BCUT2D eigenvalue weighted by atomic mass is 9.88. The van der Waals surface area contributed by atoms with Crippen LogP contribution < -0.4 is 10.1 Å². The number of fused-ring (bicyclic) bond motifs is 1. The SMILES string of the molecule is COc1ccc(C)cc1-n1nnnc1SCC(=O)NC1CCCc2ccccc21. The largest absolute Gasteiger partial charge is 0.494 e. The van der Waals surface area contributed by atoms with Crippen molar-refractivity contribution in [3.05, 3.63) is 59.2 Å². The summed E-state index contributed by atoms with van der Waals surface area (Å²) in [6.07, 6.45) is 3.12. The highest BCUT2D eigenvalue weighted by Crippen LogP contribution is 2.30. The summed E-state index contributed by atoms with van der Waals surface area (Å²) in [4.78, 5) is 12.6. The van der Waals surface area contributed by atoms with Crippen molar-refractivity contribution in [1.29, 1.82) is 0 Å². The molecule has 1 aliphatic rings. The van der Waals surface area contributed by atoms with Gasteiger partial charge in [0.15, 0.2) is 0 Å². The molecule has 0 fully saturated rings. The smallest absolute Gasteiger partial charge is 0.230 e. The quantitative estimate of drug-likeness (QED) is 0.630. The molecule has 0 spiro atoms. The standard InChI is InChI=1S/C21H23N5O2S/c1-14-10-11-19(28-2)18(12-14)26-21(23-24-25-26)29-13-20(27)22-17-9-5-7-15-6-3-4-8-16(15)17/h3-4,6,8,10-12,17H,5,7,9,13H2,1-2H3,(H,22,27). The first-order valence-electron chi connectivity index (χ1n) is 9.59. The van der Waals surface area contributed by atoms with E-state index < -0.39 is 0 Å². The fraction of sp³-hybridized carbons (Fsp3) is 0.333. The molecule has 0 aliphatic heterocycles. The minimum Gasteiger partial charge on any atom is -0.494 e. The Bertz CT molecular complexity index is 1020. The van der Waals surface area contributed by atoms with Gasteiger partial charge in [-0.15, -0.1) is 5.10 Å². The third-order valence-corrected chi connectivity index (χ3v) is 5.96. The molecular formula is C21H23N5O2S. The van der Waals surface area contributed by atoms with Gasteiger partial charge in [-0.25, -0.2) is 0 Å². The first-order valence-corrected chi connectivity index (χ1v) is 10.6. The number of carbonyl (C=O) groups is 1. The molecule has 1 unspecified atom stereocenters. The molecule has 1 amide bonds. The van der Waals surface area contributed by atoms with Crippen LogP contribution in [0.25, 0.3) is 5.69 Å². The van der Waals surface area contributed by atoms with E-state index in [1.54, 1.807) is 11.8 Å². The summed E-state index contributed by atoms with van der Waals surface area (Å²) >= 11 is 1.31. The van der Waals surface area contributed by atoms with Crippen molar-refractivity contribution in [2.45, 2.75) is 37.4 Å². The summed E-state index contributed by atoms with van der Waals surface area (Å²) in [5.41, 5.74) is 4.38. The Morgan fingerprint density at radius 1 is 1.31 bits per heavy atom. The van der Waals surface area contributed by atoms with E-state index >= 15 is 0 Å². The van der Waals surface area contributed by atoms with Crippen LogP contribution in [0.4, 0.5) is 0 Å². The van der Waals surface area contributed by atoms with Gasteiger partial charge in [0, 0.05) is 0 Å². The summed E-state index contributed by atoms with van der Waals surface area (Å²) in [7, 11) is 1.61. The number of benzene rings is 2. The van der Waals surface area contributed by atoms with Crippen LogP contribution in [0.15, 0.2) is 47.6 Å². The summed E-state index contributed by atoms with van der Waals surface area (Å²) < 4.78 is 7.04. The van der Waals surface area contributed by atoms with Crippen molar-refractivity contribution in [2.24, 2.45) is 0 Å². The molecule has 8 heteroatoms. The molecule has 0 bridgehead atoms. The molecule has 3 aromatic rings. The predicted octanol–water partition coefficient (Wildman–Crippen LogP) is 3.27. The van der Waals surface area contributed by atoms with E-state index in [4.69, 9.17) is 4.74 Å². The zero-order chi connectivity index (χ0) is 20.2. The number of methoxy groups -OCH3 is 1. The monoisotopic (exact) mass is 409 g/mol. The molecule has 1 aromatic heterocycles. The maximum Gasteiger partial charge on any atom is 0.230 e. The van der Waals surface area contributed by atoms with Crippen LogP contribution in [-0.4, -0.2) is 39.0 Å². The first kappa shape index (κ1) is 19.4. The lowest BCUT2D eigenvalue weighted by Gasteiger charge is -2.26. The summed E-state index contributed by atoms with van der Waals surface area (Å²) in [6, 6.07) is 14.2. The zero-order valence-electron chi connectivity index (χ0n) is 16.5. The van der Waals surface area contributed by atoms with Crippen LogP contribution >= 0.6 is 11.8 Å². The molecule has 1 heterocycles. The Balaban J connectivity index is 1.44. The number of carbonyl (C=O) groups excluding carboxylic acids is 1. The van der Waals surface area contributed by atoms with Crippen LogP contribution in [0, 0.1) is 6.92 Å². The second kappa shape index (κ2) is 8.65. The van der Waals surface area contributed by atoms with E-state index in [0.29, 0.717) is 10.9 Å². The highest BCUT2D eigenvalue weighted by atomic mass is 32.2. The normalized spacial score (nSPS) is 15.6. The fourth-order valence-electron chi connectivity index (χ4n) is 3.66. The molecule has 1 atom stereocenters. The molecule has 0 saturated carbocycles.